The third kappa shape index (κ3) is 2.97. The molecule has 0 aliphatic heterocycles. The molecule has 0 atom stereocenters. The summed E-state index contributed by atoms with van der Waals surface area (Å²) >= 11 is 0. The molecule has 0 saturated heterocycles. The quantitative estimate of drug-likeness (QED) is 0.593. The highest BCUT2D eigenvalue weighted by atomic mass is 16.5. The van der Waals surface area contributed by atoms with E-state index in [4.69, 9.17) is 8.94 Å². The van der Waals surface area contributed by atoms with Gasteiger partial charge in [-0.15, -0.1) is 10.2 Å². The first-order valence-electron chi connectivity index (χ1n) is 8.28. The van der Waals surface area contributed by atoms with E-state index < -0.39 is 0 Å². The van der Waals surface area contributed by atoms with Gasteiger partial charge >= 0.3 is 0 Å². The number of amides is 1. The average molecular weight is 351 g/mol. The molecule has 3 aromatic heterocycles. The summed E-state index contributed by atoms with van der Waals surface area (Å²) in [6.07, 6.45) is 0.652. The van der Waals surface area contributed by atoms with Crippen molar-refractivity contribution < 1.29 is 13.7 Å². The number of para-hydroxylation sites is 1. The van der Waals surface area contributed by atoms with E-state index in [1.54, 1.807) is 13.0 Å². The van der Waals surface area contributed by atoms with Gasteiger partial charge in [-0.3, -0.25) is 4.79 Å². The lowest BCUT2D eigenvalue weighted by molar-refractivity contribution is -0.116. The highest BCUT2D eigenvalue weighted by Gasteiger charge is 2.18. The van der Waals surface area contributed by atoms with Crippen LogP contribution in [-0.4, -0.2) is 25.8 Å². The Morgan fingerprint density at radius 2 is 2.08 bits per heavy atom. The fourth-order valence-electron chi connectivity index (χ4n) is 2.81. The van der Waals surface area contributed by atoms with E-state index in [0.29, 0.717) is 35.5 Å². The summed E-state index contributed by atoms with van der Waals surface area (Å²) < 4.78 is 12.5. The minimum Gasteiger partial charge on any atom is -0.419 e. The van der Waals surface area contributed by atoms with E-state index in [9.17, 15) is 4.79 Å². The molecule has 1 aromatic carbocycles. The molecular formula is C18H17N5O3. The summed E-state index contributed by atoms with van der Waals surface area (Å²) in [6.45, 7) is 3.79. The fraction of sp³-hybridized carbons (Fsp3) is 0.222. The number of benzene rings is 1. The van der Waals surface area contributed by atoms with Crippen LogP contribution in [0.25, 0.3) is 22.5 Å². The molecule has 0 aliphatic carbocycles. The van der Waals surface area contributed by atoms with Crippen LogP contribution in [0.3, 0.4) is 0 Å². The summed E-state index contributed by atoms with van der Waals surface area (Å²) in [5.41, 5.74) is 1.61. The zero-order valence-corrected chi connectivity index (χ0v) is 14.4. The van der Waals surface area contributed by atoms with Gasteiger partial charge in [-0.2, -0.15) is 0 Å². The number of carbonyl (C=O) groups excluding carboxylic acids is 1. The normalized spacial score (nSPS) is 11.2. The molecule has 0 radical (unpaired) electrons. The highest BCUT2D eigenvalue weighted by Crippen LogP contribution is 2.27. The third-order valence-electron chi connectivity index (χ3n) is 4.00. The van der Waals surface area contributed by atoms with Crippen LogP contribution in [0.5, 0.6) is 0 Å². The maximum Gasteiger partial charge on any atom is 0.264 e. The van der Waals surface area contributed by atoms with Gasteiger partial charge in [0.15, 0.2) is 5.82 Å². The number of nitrogens with zero attached hydrogens (tertiary/aromatic N) is 4. The van der Waals surface area contributed by atoms with Gasteiger partial charge in [0.05, 0.1) is 0 Å². The second-order valence-electron chi connectivity index (χ2n) is 5.90. The number of rotatable bonds is 5. The number of nitrogens with one attached hydrogen (secondary N) is 1. The summed E-state index contributed by atoms with van der Waals surface area (Å²) in [7, 11) is 0. The largest absolute Gasteiger partial charge is 0.419 e. The Bertz CT molecular complexity index is 1080. The molecule has 0 saturated carbocycles. The van der Waals surface area contributed by atoms with E-state index >= 15 is 0 Å². The maximum atomic E-state index is 12.5. The summed E-state index contributed by atoms with van der Waals surface area (Å²) in [5.74, 6) is 1.74. The van der Waals surface area contributed by atoms with E-state index in [2.05, 4.69) is 20.7 Å². The first-order chi connectivity index (χ1) is 12.6. The Hall–Kier alpha value is -3.42. The molecule has 8 nitrogen and oxygen atoms in total. The number of anilines is 1. The predicted octanol–water partition coefficient (Wildman–Crippen LogP) is 3.19. The standard InChI is InChI=1S/C18H17N5O3/c1-3-17-20-21-18(25-17)14-9-12-6-4-5-7-13(12)23(14)10-16(24)19-15-8-11(2)26-22-15/h4-9H,3,10H2,1-2H3,(H,19,22,24). The summed E-state index contributed by atoms with van der Waals surface area (Å²) in [6, 6.07) is 11.4. The second kappa shape index (κ2) is 6.47. The Morgan fingerprint density at radius 3 is 2.81 bits per heavy atom. The molecule has 1 amide bonds. The van der Waals surface area contributed by atoms with Crippen LogP contribution in [0.4, 0.5) is 5.82 Å². The van der Waals surface area contributed by atoms with Crippen molar-refractivity contribution in [3.63, 3.8) is 0 Å². The summed E-state index contributed by atoms with van der Waals surface area (Å²) in [5, 5.41) is 15.6. The first-order valence-corrected chi connectivity index (χ1v) is 8.28. The number of aryl methyl sites for hydroxylation is 2. The van der Waals surface area contributed by atoms with Crippen LogP contribution in [-0.2, 0) is 17.8 Å². The van der Waals surface area contributed by atoms with Crippen LogP contribution in [0.1, 0.15) is 18.6 Å². The Kier molecular flexibility index (Phi) is 4.00. The highest BCUT2D eigenvalue weighted by molar-refractivity contribution is 5.93. The van der Waals surface area contributed by atoms with Crippen LogP contribution in [0, 0.1) is 6.92 Å². The Balaban J connectivity index is 1.70. The molecule has 0 bridgehead atoms. The van der Waals surface area contributed by atoms with Crippen molar-refractivity contribution in [2.45, 2.75) is 26.8 Å². The molecule has 1 N–H and O–H groups in total. The number of hydrogen-bond acceptors (Lipinski definition) is 6. The molecule has 0 unspecified atom stereocenters. The summed E-state index contributed by atoms with van der Waals surface area (Å²) in [4.78, 5) is 12.5. The molecule has 8 heteroatoms. The molecule has 0 fully saturated rings. The number of hydrogen-bond donors (Lipinski definition) is 1. The zero-order valence-electron chi connectivity index (χ0n) is 14.4. The smallest absolute Gasteiger partial charge is 0.264 e. The van der Waals surface area contributed by atoms with Crippen LogP contribution < -0.4 is 5.32 Å². The van der Waals surface area contributed by atoms with Gasteiger partial charge in [0.25, 0.3) is 5.89 Å². The lowest BCUT2D eigenvalue weighted by Crippen LogP contribution is -2.19. The van der Waals surface area contributed by atoms with Gasteiger partial charge < -0.3 is 18.8 Å². The Morgan fingerprint density at radius 1 is 1.23 bits per heavy atom. The number of carbonyl (C=O) groups is 1. The van der Waals surface area contributed by atoms with Crippen molar-refractivity contribution in [2.24, 2.45) is 0 Å². The predicted molar refractivity (Wildman–Crippen MR) is 94.5 cm³/mol. The van der Waals surface area contributed by atoms with Crippen LogP contribution in [0.15, 0.2) is 45.3 Å². The fourth-order valence-corrected chi connectivity index (χ4v) is 2.81. The molecule has 3 heterocycles. The second-order valence-corrected chi connectivity index (χ2v) is 5.90. The van der Waals surface area contributed by atoms with E-state index in [1.165, 1.54) is 0 Å². The Labute approximate surface area is 148 Å². The van der Waals surface area contributed by atoms with Gasteiger partial charge in [-0.05, 0) is 19.1 Å². The maximum absolute atomic E-state index is 12.5. The van der Waals surface area contributed by atoms with Crippen molar-refractivity contribution in [1.82, 2.24) is 19.9 Å². The van der Waals surface area contributed by atoms with Gasteiger partial charge in [0.1, 0.15) is 18.0 Å². The SMILES string of the molecule is CCc1nnc(-c2cc3ccccc3n2CC(=O)Nc2cc(C)on2)o1. The minimum absolute atomic E-state index is 0.0819. The molecule has 4 aromatic rings. The van der Waals surface area contributed by atoms with Crippen molar-refractivity contribution in [3.8, 4) is 11.6 Å². The van der Waals surface area contributed by atoms with Gasteiger partial charge in [-0.1, -0.05) is 30.3 Å². The lowest BCUT2D eigenvalue weighted by atomic mass is 10.2. The minimum atomic E-state index is -0.226. The van der Waals surface area contributed by atoms with Crippen molar-refractivity contribution in [2.75, 3.05) is 5.32 Å². The molecule has 0 aliphatic rings. The van der Waals surface area contributed by atoms with Crippen molar-refractivity contribution >= 4 is 22.6 Å². The van der Waals surface area contributed by atoms with Gasteiger partial charge in [-0.25, -0.2) is 0 Å². The van der Waals surface area contributed by atoms with Crippen LogP contribution in [0.2, 0.25) is 0 Å². The monoisotopic (exact) mass is 351 g/mol. The third-order valence-corrected chi connectivity index (χ3v) is 4.00. The van der Waals surface area contributed by atoms with Gasteiger partial charge in [0.2, 0.25) is 11.8 Å². The molecular weight excluding hydrogens is 334 g/mol. The van der Waals surface area contributed by atoms with Gasteiger partial charge in [0, 0.05) is 23.4 Å². The van der Waals surface area contributed by atoms with Crippen LogP contribution >= 0.6 is 0 Å². The van der Waals surface area contributed by atoms with Crippen molar-refractivity contribution in [1.29, 1.82) is 0 Å². The average Bonchev–Trinajstić information content (AvgIpc) is 3.34. The lowest BCUT2D eigenvalue weighted by Gasteiger charge is -2.08. The molecule has 4 rings (SSSR count). The molecule has 132 valence electrons. The zero-order chi connectivity index (χ0) is 18.1. The first kappa shape index (κ1) is 16.1. The van der Waals surface area contributed by atoms with Crippen molar-refractivity contribution in [3.05, 3.63) is 48.0 Å². The number of aromatic nitrogens is 4. The van der Waals surface area contributed by atoms with E-state index in [-0.39, 0.29) is 12.5 Å². The molecule has 0 spiro atoms. The van der Waals surface area contributed by atoms with E-state index in [1.807, 2.05) is 41.8 Å². The number of fused-ring (bicyclic) bond motifs is 1. The topological polar surface area (TPSA) is 99.0 Å². The molecule has 26 heavy (non-hydrogen) atoms. The van der Waals surface area contributed by atoms with E-state index in [0.717, 1.165) is 10.9 Å².